The van der Waals surface area contributed by atoms with Crippen LogP contribution in [0.15, 0.2) is 30.5 Å². The van der Waals surface area contributed by atoms with E-state index >= 15 is 0 Å². The monoisotopic (exact) mass is 357 g/mol. The average Bonchev–Trinajstić information content (AvgIpc) is 3.11. The minimum atomic E-state index is -0.447. The molecule has 6 nitrogen and oxygen atoms in total. The fourth-order valence-corrected chi connectivity index (χ4v) is 3.67. The molecular formula is C18H19N3O3S. The van der Waals surface area contributed by atoms with Crippen molar-refractivity contribution in [2.24, 2.45) is 0 Å². The van der Waals surface area contributed by atoms with Crippen LogP contribution >= 0.6 is 11.3 Å². The van der Waals surface area contributed by atoms with E-state index in [1.165, 1.54) is 18.4 Å². The second kappa shape index (κ2) is 7.06. The molecule has 7 heteroatoms. The highest BCUT2D eigenvalue weighted by Crippen LogP contribution is 2.28. The van der Waals surface area contributed by atoms with E-state index in [9.17, 15) is 9.59 Å². The molecular weight excluding hydrogens is 338 g/mol. The minimum Gasteiger partial charge on any atom is -0.465 e. The zero-order valence-electron chi connectivity index (χ0n) is 14.3. The van der Waals surface area contributed by atoms with Crippen LogP contribution in [0.3, 0.4) is 0 Å². The number of ether oxygens (including phenoxy) is 1. The van der Waals surface area contributed by atoms with E-state index in [1.54, 1.807) is 6.07 Å². The lowest BCUT2D eigenvalue weighted by atomic mass is 10.2. The number of carbonyl (C=O) groups excluding carboxylic acids is 2. The quantitative estimate of drug-likeness (QED) is 0.711. The largest absolute Gasteiger partial charge is 0.465 e. The molecule has 3 heterocycles. The van der Waals surface area contributed by atoms with Crippen molar-refractivity contribution in [1.82, 2.24) is 9.38 Å². The van der Waals surface area contributed by atoms with E-state index < -0.39 is 5.97 Å². The molecule has 0 fully saturated rings. The Kier molecular flexibility index (Phi) is 4.85. The number of aromatic nitrogens is 2. The number of nitrogens with zero attached hydrogens (tertiary/aromatic N) is 2. The van der Waals surface area contributed by atoms with Gasteiger partial charge in [0.15, 0.2) is 0 Å². The van der Waals surface area contributed by atoms with Crippen molar-refractivity contribution >= 4 is 33.9 Å². The third-order valence-corrected chi connectivity index (χ3v) is 4.90. The topological polar surface area (TPSA) is 72.7 Å². The first-order valence-electron chi connectivity index (χ1n) is 7.90. The summed E-state index contributed by atoms with van der Waals surface area (Å²) in [5, 5.41) is 3.36. The molecule has 0 spiro atoms. The lowest BCUT2D eigenvalue weighted by Gasteiger charge is -2.06. The molecule has 0 atom stereocenters. The Morgan fingerprint density at radius 2 is 2.12 bits per heavy atom. The van der Waals surface area contributed by atoms with E-state index in [1.807, 2.05) is 42.6 Å². The molecule has 0 aliphatic heterocycles. The first kappa shape index (κ1) is 17.2. The van der Waals surface area contributed by atoms with Crippen LogP contribution in [0, 0.1) is 13.8 Å². The molecule has 0 unspecified atom stereocenters. The Bertz CT molecular complexity index is 942. The average molecular weight is 357 g/mol. The predicted molar refractivity (Wildman–Crippen MR) is 97.3 cm³/mol. The lowest BCUT2D eigenvalue weighted by molar-refractivity contribution is -0.116. The van der Waals surface area contributed by atoms with Crippen molar-refractivity contribution in [2.45, 2.75) is 26.7 Å². The zero-order chi connectivity index (χ0) is 18.0. The number of carbonyl (C=O) groups is 2. The van der Waals surface area contributed by atoms with Gasteiger partial charge in [-0.3, -0.25) is 4.79 Å². The summed E-state index contributed by atoms with van der Waals surface area (Å²) in [6, 6.07) is 7.54. The van der Waals surface area contributed by atoms with Gasteiger partial charge in [-0.1, -0.05) is 6.07 Å². The summed E-state index contributed by atoms with van der Waals surface area (Å²) in [4.78, 5) is 29.6. The number of esters is 1. The van der Waals surface area contributed by atoms with E-state index in [-0.39, 0.29) is 5.91 Å². The third kappa shape index (κ3) is 3.56. The highest BCUT2D eigenvalue weighted by atomic mass is 32.1. The molecule has 130 valence electrons. The Morgan fingerprint density at radius 1 is 1.32 bits per heavy atom. The van der Waals surface area contributed by atoms with Gasteiger partial charge in [0.25, 0.3) is 0 Å². The lowest BCUT2D eigenvalue weighted by Crippen LogP contribution is -2.14. The molecule has 0 saturated carbocycles. The van der Waals surface area contributed by atoms with Crippen LogP contribution in [-0.4, -0.2) is 28.4 Å². The van der Waals surface area contributed by atoms with Crippen LogP contribution in [0.1, 0.15) is 33.0 Å². The maximum atomic E-state index is 12.3. The fourth-order valence-electron chi connectivity index (χ4n) is 2.76. The van der Waals surface area contributed by atoms with Gasteiger partial charge in [-0.05, 0) is 38.5 Å². The number of aryl methyl sites for hydroxylation is 3. The number of pyridine rings is 1. The number of methoxy groups -OCH3 is 1. The molecule has 0 aromatic carbocycles. The highest BCUT2D eigenvalue weighted by Gasteiger charge is 2.18. The Balaban J connectivity index is 1.71. The molecule has 0 aliphatic rings. The zero-order valence-corrected chi connectivity index (χ0v) is 15.1. The van der Waals surface area contributed by atoms with Crippen LogP contribution in [0.5, 0.6) is 0 Å². The molecule has 0 aliphatic carbocycles. The molecule has 1 amide bonds. The summed E-state index contributed by atoms with van der Waals surface area (Å²) in [6.45, 7) is 3.83. The Hall–Kier alpha value is -2.67. The Labute approximate surface area is 149 Å². The van der Waals surface area contributed by atoms with Crippen LogP contribution in [-0.2, 0) is 16.0 Å². The van der Waals surface area contributed by atoms with Crippen molar-refractivity contribution in [3.8, 4) is 0 Å². The number of thiophene rings is 1. The molecule has 3 aromatic heterocycles. The van der Waals surface area contributed by atoms with Gasteiger partial charge in [-0.15, -0.1) is 11.3 Å². The van der Waals surface area contributed by atoms with Crippen LogP contribution in [0.25, 0.3) is 5.65 Å². The van der Waals surface area contributed by atoms with Crippen molar-refractivity contribution in [1.29, 1.82) is 0 Å². The van der Waals surface area contributed by atoms with Crippen molar-refractivity contribution in [3.05, 3.63) is 52.3 Å². The standard InChI is InChI=1S/C18H19N3O3S/c1-11-10-13(18(23)24-3)17(25-11)20-16(22)8-7-14-12(2)19-15-6-4-5-9-21(14)15/h4-6,9-10H,7-8H2,1-3H3,(H,20,22). The van der Waals surface area contributed by atoms with Gasteiger partial charge < -0.3 is 14.5 Å². The van der Waals surface area contributed by atoms with Gasteiger partial charge in [0, 0.05) is 23.2 Å². The molecule has 1 N–H and O–H groups in total. The van der Waals surface area contributed by atoms with Crippen LogP contribution in [0.2, 0.25) is 0 Å². The normalized spacial score (nSPS) is 10.8. The maximum absolute atomic E-state index is 12.3. The minimum absolute atomic E-state index is 0.141. The molecule has 25 heavy (non-hydrogen) atoms. The number of fused-ring (bicyclic) bond motifs is 1. The molecule has 0 bridgehead atoms. The molecule has 3 rings (SSSR count). The van der Waals surface area contributed by atoms with Gasteiger partial charge in [-0.2, -0.15) is 0 Å². The second-order valence-corrected chi connectivity index (χ2v) is 6.97. The number of imidazole rings is 1. The summed E-state index contributed by atoms with van der Waals surface area (Å²) >= 11 is 1.37. The number of rotatable bonds is 5. The summed E-state index contributed by atoms with van der Waals surface area (Å²) in [5.41, 5.74) is 3.20. The highest BCUT2D eigenvalue weighted by molar-refractivity contribution is 7.16. The van der Waals surface area contributed by atoms with E-state index in [0.29, 0.717) is 23.4 Å². The van der Waals surface area contributed by atoms with E-state index in [0.717, 1.165) is 21.9 Å². The second-order valence-electron chi connectivity index (χ2n) is 5.71. The number of hydrogen-bond donors (Lipinski definition) is 1. The van der Waals surface area contributed by atoms with Crippen molar-refractivity contribution in [3.63, 3.8) is 0 Å². The van der Waals surface area contributed by atoms with Gasteiger partial charge in [0.05, 0.1) is 18.4 Å². The SMILES string of the molecule is COC(=O)c1cc(C)sc1NC(=O)CCc1c(C)nc2ccccn12. The summed E-state index contributed by atoms with van der Waals surface area (Å²) < 4.78 is 6.76. The van der Waals surface area contributed by atoms with Gasteiger partial charge >= 0.3 is 5.97 Å². The van der Waals surface area contributed by atoms with E-state index in [4.69, 9.17) is 4.74 Å². The van der Waals surface area contributed by atoms with Gasteiger partial charge in [0.2, 0.25) is 5.91 Å². The summed E-state index contributed by atoms with van der Waals surface area (Å²) in [5.74, 6) is -0.588. The fraction of sp³-hybridized carbons (Fsp3) is 0.278. The number of amides is 1. The Morgan fingerprint density at radius 3 is 2.88 bits per heavy atom. The first-order valence-corrected chi connectivity index (χ1v) is 8.72. The third-order valence-electron chi connectivity index (χ3n) is 3.93. The molecule has 3 aromatic rings. The van der Waals surface area contributed by atoms with Gasteiger partial charge in [0.1, 0.15) is 10.6 Å². The number of nitrogens with one attached hydrogen (secondary N) is 1. The predicted octanol–water partition coefficient (Wildman–Crippen LogP) is 3.37. The smallest absolute Gasteiger partial charge is 0.340 e. The molecule has 0 saturated heterocycles. The first-order chi connectivity index (χ1) is 12.0. The maximum Gasteiger partial charge on any atom is 0.340 e. The number of hydrogen-bond acceptors (Lipinski definition) is 5. The number of anilines is 1. The van der Waals surface area contributed by atoms with Crippen molar-refractivity contribution in [2.75, 3.05) is 12.4 Å². The van der Waals surface area contributed by atoms with E-state index in [2.05, 4.69) is 10.3 Å². The molecule has 0 radical (unpaired) electrons. The van der Waals surface area contributed by atoms with Crippen molar-refractivity contribution < 1.29 is 14.3 Å². The van der Waals surface area contributed by atoms with Crippen LogP contribution < -0.4 is 5.32 Å². The summed E-state index contributed by atoms with van der Waals surface area (Å²) in [6.07, 6.45) is 2.82. The van der Waals surface area contributed by atoms with Crippen LogP contribution in [0.4, 0.5) is 5.00 Å². The van der Waals surface area contributed by atoms with Gasteiger partial charge in [-0.25, -0.2) is 9.78 Å². The summed E-state index contributed by atoms with van der Waals surface area (Å²) in [7, 11) is 1.33.